The first-order valence-corrected chi connectivity index (χ1v) is 12.5. The van der Waals surface area contributed by atoms with Crippen molar-refractivity contribution in [3.63, 3.8) is 0 Å². The maximum Gasteiger partial charge on any atom is 0.278 e. The topological polar surface area (TPSA) is 99.0 Å². The van der Waals surface area contributed by atoms with Gasteiger partial charge in [-0.2, -0.15) is 0 Å². The number of phenolic OH excluding ortho intramolecular Hbond substituents is 1. The van der Waals surface area contributed by atoms with Gasteiger partial charge >= 0.3 is 0 Å². The molecule has 1 aliphatic carbocycles. The van der Waals surface area contributed by atoms with E-state index in [4.69, 9.17) is 15.7 Å². The average molecular weight is 541 g/mol. The fraction of sp³-hybridized carbons (Fsp3) is 0.333. The summed E-state index contributed by atoms with van der Waals surface area (Å²) in [5.74, 6) is -2.41. The molecule has 2 atom stereocenters. The highest BCUT2D eigenvalue weighted by atomic mass is 35.5. The minimum Gasteiger partial charge on any atom is -0.507 e. The number of rotatable bonds is 3. The fourth-order valence-electron chi connectivity index (χ4n) is 5.48. The number of hydrogen-bond acceptors (Lipinski definition) is 6. The van der Waals surface area contributed by atoms with E-state index in [1.807, 2.05) is 0 Å². The Hall–Kier alpha value is -3.92. The number of amides is 2. The van der Waals surface area contributed by atoms with Crippen LogP contribution in [0.2, 0.25) is 5.02 Å². The standard InChI is InChI=1S/C27H25ClFN5O4/c1-4-20(36)32-12-18-26(37)31(3)24-23(33(18)11-13(32)2)15-10-16(28)22(21-17(29)6-5-7-19(21)35)30-25(15)34(27(24)38)14-8-9-14/h4-7,10,13-14,18,35H,1,8-9,11-12H2,2-3H3/t13-,18-/m1/s1/i3D3. The number of anilines is 2. The smallest absolute Gasteiger partial charge is 0.278 e. The highest BCUT2D eigenvalue weighted by Crippen LogP contribution is 2.46. The van der Waals surface area contributed by atoms with Gasteiger partial charge < -0.3 is 19.8 Å². The van der Waals surface area contributed by atoms with Crippen LogP contribution in [0.5, 0.6) is 5.75 Å². The van der Waals surface area contributed by atoms with Crippen LogP contribution in [0.15, 0.2) is 41.7 Å². The van der Waals surface area contributed by atoms with Crippen LogP contribution in [0, 0.1) is 5.82 Å². The first-order valence-electron chi connectivity index (χ1n) is 13.7. The van der Waals surface area contributed by atoms with E-state index in [1.54, 1.807) is 11.8 Å². The van der Waals surface area contributed by atoms with E-state index in [9.17, 15) is 23.9 Å². The van der Waals surface area contributed by atoms with Gasteiger partial charge in [-0.05, 0) is 44.0 Å². The quantitative estimate of drug-likeness (QED) is 0.511. The molecular formula is C27H25ClFN5O4. The molecular weight excluding hydrogens is 513 g/mol. The van der Waals surface area contributed by atoms with Crippen LogP contribution in [-0.2, 0) is 9.59 Å². The Balaban J connectivity index is 1.69. The van der Waals surface area contributed by atoms with Crippen LogP contribution in [0.3, 0.4) is 0 Å². The Labute approximate surface area is 226 Å². The number of fused-ring (bicyclic) bond motifs is 5. The summed E-state index contributed by atoms with van der Waals surface area (Å²) in [5.41, 5.74) is -1.11. The van der Waals surface area contributed by atoms with E-state index >= 15 is 0 Å². The average Bonchev–Trinajstić information content (AvgIpc) is 3.73. The molecule has 2 fully saturated rings. The van der Waals surface area contributed by atoms with Gasteiger partial charge in [0, 0.05) is 35.1 Å². The zero-order valence-corrected chi connectivity index (χ0v) is 21.1. The SMILES string of the molecule is [2H]C([2H])([2H])N1C(=O)[C@H]2CN(C(=O)C=C)[C@H](C)CN2c2c1c(=O)n(C1CC1)c1nc(-c3c(O)cccc3F)c(Cl)cc21. The molecule has 1 saturated carbocycles. The van der Waals surface area contributed by atoms with Gasteiger partial charge in [0.25, 0.3) is 11.5 Å². The molecule has 0 spiro atoms. The molecule has 6 rings (SSSR count). The number of phenols is 1. The number of likely N-dealkylation sites (N-methyl/N-ethyl adjacent to an activating group) is 1. The predicted octanol–water partition coefficient (Wildman–Crippen LogP) is 3.46. The van der Waals surface area contributed by atoms with Crippen LogP contribution in [0.25, 0.3) is 22.3 Å². The summed E-state index contributed by atoms with van der Waals surface area (Å²) in [6.45, 7) is 2.25. The minimum absolute atomic E-state index is 0.0523. The Kier molecular flexibility index (Phi) is 4.74. The lowest BCUT2D eigenvalue weighted by Gasteiger charge is -2.49. The molecule has 0 radical (unpaired) electrons. The molecule has 3 aliphatic rings. The van der Waals surface area contributed by atoms with Crippen molar-refractivity contribution in [2.75, 3.05) is 29.9 Å². The predicted molar refractivity (Wildman–Crippen MR) is 142 cm³/mol. The molecule has 0 bridgehead atoms. The van der Waals surface area contributed by atoms with E-state index in [-0.39, 0.29) is 52.4 Å². The zero-order chi connectivity index (χ0) is 29.5. The van der Waals surface area contributed by atoms with Crippen molar-refractivity contribution in [2.45, 2.75) is 37.9 Å². The number of benzene rings is 1. The van der Waals surface area contributed by atoms with Crippen LogP contribution in [-0.4, -0.2) is 63.5 Å². The third-order valence-electron chi connectivity index (χ3n) is 7.44. The second-order valence-corrected chi connectivity index (χ2v) is 10.2. The lowest BCUT2D eigenvalue weighted by Crippen LogP contribution is -2.66. The van der Waals surface area contributed by atoms with Gasteiger partial charge in [-0.3, -0.25) is 19.0 Å². The molecule has 2 amide bonds. The molecule has 38 heavy (non-hydrogen) atoms. The Bertz CT molecular complexity index is 1700. The first-order chi connectivity index (χ1) is 19.3. The lowest BCUT2D eigenvalue weighted by molar-refractivity contribution is -0.130. The second kappa shape index (κ2) is 8.56. The molecule has 11 heteroatoms. The Morgan fingerprint density at radius 3 is 2.71 bits per heavy atom. The van der Waals surface area contributed by atoms with Crippen LogP contribution >= 0.6 is 11.6 Å². The summed E-state index contributed by atoms with van der Waals surface area (Å²) >= 11 is 6.65. The summed E-state index contributed by atoms with van der Waals surface area (Å²) in [4.78, 5) is 48.8. The van der Waals surface area contributed by atoms with Crippen molar-refractivity contribution in [2.24, 2.45) is 0 Å². The number of nitrogens with zero attached hydrogens (tertiary/aromatic N) is 5. The van der Waals surface area contributed by atoms with E-state index < -0.39 is 48.0 Å². The molecule has 2 aromatic heterocycles. The largest absolute Gasteiger partial charge is 0.507 e. The third kappa shape index (κ3) is 3.43. The van der Waals surface area contributed by atoms with Crippen molar-refractivity contribution in [1.82, 2.24) is 14.5 Å². The Morgan fingerprint density at radius 2 is 2.05 bits per heavy atom. The number of carbonyl (C=O) groups is 2. The molecule has 1 aromatic carbocycles. The minimum atomic E-state index is -3.02. The summed E-state index contributed by atoms with van der Waals surface area (Å²) in [5, 5.41) is 10.7. The second-order valence-electron chi connectivity index (χ2n) is 9.81. The molecule has 196 valence electrons. The summed E-state index contributed by atoms with van der Waals surface area (Å²) in [6, 6.07) is 3.37. The summed E-state index contributed by atoms with van der Waals surface area (Å²) in [6.07, 6.45) is 2.35. The number of aromatic hydroxyl groups is 1. The first kappa shape index (κ1) is 21.1. The molecule has 1 N–H and O–H groups in total. The van der Waals surface area contributed by atoms with Crippen molar-refractivity contribution >= 4 is 45.8 Å². The number of carbonyl (C=O) groups excluding carboxylic acids is 2. The highest BCUT2D eigenvalue weighted by Gasteiger charge is 2.46. The van der Waals surface area contributed by atoms with Gasteiger partial charge in [0.1, 0.15) is 28.9 Å². The number of aromatic nitrogens is 2. The molecule has 2 aliphatic heterocycles. The van der Waals surface area contributed by atoms with Crippen molar-refractivity contribution in [1.29, 1.82) is 0 Å². The zero-order valence-electron chi connectivity index (χ0n) is 23.3. The summed E-state index contributed by atoms with van der Waals surface area (Å²) < 4.78 is 40.8. The van der Waals surface area contributed by atoms with Gasteiger partial charge in [-0.25, -0.2) is 9.37 Å². The molecule has 9 nitrogen and oxygen atoms in total. The van der Waals surface area contributed by atoms with E-state index in [1.165, 1.54) is 27.7 Å². The van der Waals surface area contributed by atoms with Crippen LogP contribution < -0.4 is 15.4 Å². The summed E-state index contributed by atoms with van der Waals surface area (Å²) in [7, 11) is 0. The van der Waals surface area contributed by atoms with Crippen molar-refractivity contribution < 1.29 is 23.2 Å². The van der Waals surface area contributed by atoms with Gasteiger partial charge in [-0.15, -0.1) is 0 Å². The Morgan fingerprint density at radius 1 is 1.29 bits per heavy atom. The third-order valence-corrected chi connectivity index (χ3v) is 7.73. The molecule has 4 heterocycles. The van der Waals surface area contributed by atoms with Gasteiger partial charge in [0.2, 0.25) is 5.91 Å². The number of halogens is 2. The number of hydrogen-bond donors (Lipinski definition) is 1. The van der Waals surface area contributed by atoms with E-state index in [0.29, 0.717) is 23.1 Å². The fourth-order valence-corrected chi connectivity index (χ4v) is 5.73. The van der Waals surface area contributed by atoms with Gasteiger partial charge in [-0.1, -0.05) is 24.2 Å². The molecule has 3 aromatic rings. The maximum atomic E-state index is 14.9. The van der Waals surface area contributed by atoms with E-state index in [0.717, 1.165) is 12.1 Å². The maximum absolute atomic E-state index is 14.9. The lowest BCUT2D eigenvalue weighted by atomic mass is 9.98. The van der Waals surface area contributed by atoms with Crippen LogP contribution in [0.1, 0.15) is 29.9 Å². The highest BCUT2D eigenvalue weighted by molar-refractivity contribution is 6.34. The van der Waals surface area contributed by atoms with Crippen molar-refractivity contribution in [3.8, 4) is 17.0 Å². The van der Waals surface area contributed by atoms with Gasteiger partial charge in [0.15, 0.2) is 0 Å². The normalized spacial score (nSPS) is 22.4. The van der Waals surface area contributed by atoms with Crippen LogP contribution in [0.4, 0.5) is 15.8 Å². The van der Waals surface area contributed by atoms with E-state index in [2.05, 4.69) is 11.6 Å². The monoisotopic (exact) mass is 540 g/mol. The molecule has 1 saturated heterocycles. The van der Waals surface area contributed by atoms with Gasteiger partial charge in [0.05, 0.1) is 28.5 Å². The number of piperazine rings is 1. The molecule has 0 unspecified atom stereocenters. The number of pyridine rings is 2. The van der Waals surface area contributed by atoms with Crippen molar-refractivity contribution in [3.05, 3.63) is 58.1 Å².